The fourth-order valence-corrected chi connectivity index (χ4v) is 1.88. The molecule has 0 saturated carbocycles. The van der Waals surface area contributed by atoms with Crippen molar-refractivity contribution in [3.63, 3.8) is 0 Å². The standard InChI is InChI=1S/C12H16N2O2/c1-13-11-5-9(4-10-6-14-7-10)2-3-12(11)16-8-15/h2-3,5,8,10,13-14H,4,6-7H2,1H3. The van der Waals surface area contributed by atoms with Crippen molar-refractivity contribution >= 4 is 12.2 Å². The van der Waals surface area contributed by atoms with Crippen LogP contribution in [0.1, 0.15) is 5.56 Å². The Balaban J connectivity index is 2.11. The fourth-order valence-electron chi connectivity index (χ4n) is 1.88. The first-order chi connectivity index (χ1) is 7.83. The van der Waals surface area contributed by atoms with Gasteiger partial charge in [-0.2, -0.15) is 0 Å². The number of ether oxygens (including phenoxy) is 1. The van der Waals surface area contributed by atoms with Gasteiger partial charge in [-0.15, -0.1) is 0 Å². The van der Waals surface area contributed by atoms with Crippen molar-refractivity contribution in [3.05, 3.63) is 23.8 Å². The smallest absolute Gasteiger partial charge is 0.298 e. The van der Waals surface area contributed by atoms with Crippen molar-refractivity contribution in [2.24, 2.45) is 5.92 Å². The van der Waals surface area contributed by atoms with E-state index in [1.54, 1.807) is 0 Å². The summed E-state index contributed by atoms with van der Waals surface area (Å²) in [5, 5.41) is 6.29. The second-order valence-electron chi connectivity index (χ2n) is 4.02. The van der Waals surface area contributed by atoms with Crippen LogP contribution in [0.3, 0.4) is 0 Å². The van der Waals surface area contributed by atoms with E-state index in [2.05, 4.69) is 10.6 Å². The molecule has 2 rings (SSSR count). The number of hydrogen-bond donors (Lipinski definition) is 2. The highest BCUT2D eigenvalue weighted by Crippen LogP contribution is 2.26. The van der Waals surface area contributed by atoms with Crippen molar-refractivity contribution in [1.29, 1.82) is 0 Å². The molecule has 1 aromatic carbocycles. The Bertz CT molecular complexity index is 375. The maximum absolute atomic E-state index is 10.3. The zero-order valence-electron chi connectivity index (χ0n) is 9.32. The Hall–Kier alpha value is -1.55. The second kappa shape index (κ2) is 4.99. The number of carbonyl (C=O) groups excluding carboxylic acids is 1. The quantitative estimate of drug-likeness (QED) is 0.728. The molecule has 1 aromatic rings. The van der Waals surface area contributed by atoms with E-state index < -0.39 is 0 Å². The average molecular weight is 220 g/mol. The molecule has 16 heavy (non-hydrogen) atoms. The lowest BCUT2D eigenvalue weighted by Gasteiger charge is -2.27. The molecular formula is C12H16N2O2. The van der Waals surface area contributed by atoms with Crippen LogP contribution in [-0.2, 0) is 11.2 Å². The van der Waals surface area contributed by atoms with Crippen molar-refractivity contribution in [3.8, 4) is 5.75 Å². The van der Waals surface area contributed by atoms with Gasteiger partial charge in [0.05, 0.1) is 5.69 Å². The second-order valence-corrected chi connectivity index (χ2v) is 4.02. The molecule has 1 saturated heterocycles. The van der Waals surface area contributed by atoms with Crippen LogP contribution in [0.5, 0.6) is 5.75 Å². The van der Waals surface area contributed by atoms with Gasteiger partial charge in [-0.3, -0.25) is 4.79 Å². The number of benzene rings is 1. The molecule has 0 unspecified atom stereocenters. The molecule has 0 radical (unpaired) electrons. The van der Waals surface area contributed by atoms with Crippen LogP contribution in [0.4, 0.5) is 5.69 Å². The first kappa shape index (κ1) is 11.0. The first-order valence-corrected chi connectivity index (χ1v) is 5.45. The summed E-state index contributed by atoms with van der Waals surface area (Å²) >= 11 is 0. The molecular weight excluding hydrogens is 204 g/mol. The predicted molar refractivity (Wildman–Crippen MR) is 62.7 cm³/mol. The number of carbonyl (C=O) groups is 1. The molecule has 0 atom stereocenters. The Morgan fingerprint density at radius 2 is 2.38 bits per heavy atom. The SMILES string of the molecule is CNc1cc(CC2CNC2)ccc1OC=O. The maximum Gasteiger partial charge on any atom is 0.298 e. The molecule has 0 aliphatic carbocycles. The summed E-state index contributed by atoms with van der Waals surface area (Å²) in [4.78, 5) is 10.3. The van der Waals surface area contributed by atoms with Gasteiger partial charge >= 0.3 is 0 Å². The molecule has 86 valence electrons. The molecule has 4 heteroatoms. The molecule has 0 aromatic heterocycles. The number of hydrogen-bond acceptors (Lipinski definition) is 4. The lowest BCUT2D eigenvalue weighted by atomic mass is 9.94. The Morgan fingerprint density at radius 3 is 2.94 bits per heavy atom. The van der Waals surface area contributed by atoms with E-state index >= 15 is 0 Å². The maximum atomic E-state index is 10.3. The van der Waals surface area contributed by atoms with Gasteiger partial charge in [-0.1, -0.05) is 6.07 Å². The van der Waals surface area contributed by atoms with Gasteiger partial charge in [0.2, 0.25) is 0 Å². The van der Waals surface area contributed by atoms with Gasteiger partial charge in [-0.05, 0) is 43.1 Å². The molecule has 1 aliphatic heterocycles. The monoisotopic (exact) mass is 220 g/mol. The van der Waals surface area contributed by atoms with E-state index in [0.717, 1.165) is 31.1 Å². The van der Waals surface area contributed by atoms with Crippen LogP contribution >= 0.6 is 0 Å². The zero-order chi connectivity index (χ0) is 11.4. The molecule has 4 nitrogen and oxygen atoms in total. The number of rotatable bonds is 5. The van der Waals surface area contributed by atoms with E-state index in [9.17, 15) is 4.79 Å². The third-order valence-electron chi connectivity index (χ3n) is 2.88. The van der Waals surface area contributed by atoms with Crippen molar-refractivity contribution in [2.75, 3.05) is 25.5 Å². The summed E-state index contributed by atoms with van der Waals surface area (Å²) in [6, 6.07) is 5.89. The van der Waals surface area contributed by atoms with Gasteiger partial charge in [0, 0.05) is 7.05 Å². The molecule has 1 heterocycles. The summed E-state index contributed by atoms with van der Waals surface area (Å²) < 4.78 is 4.87. The molecule has 2 N–H and O–H groups in total. The summed E-state index contributed by atoms with van der Waals surface area (Å²) in [5.41, 5.74) is 2.13. The molecule has 1 fully saturated rings. The van der Waals surface area contributed by atoms with E-state index in [1.807, 2.05) is 25.2 Å². The van der Waals surface area contributed by atoms with E-state index in [-0.39, 0.29) is 0 Å². The van der Waals surface area contributed by atoms with Crippen LogP contribution in [0.25, 0.3) is 0 Å². The molecule has 0 bridgehead atoms. The predicted octanol–water partition coefficient (Wildman–Crippen LogP) is 1.03. The minimum Gasteiger partial charge on any atom is -0.427 e. The first-order valence-electron chi connectivity index (χ1n) is 5.45. The minimum atomic E-state index is 0.450. The Labute approximate surface area is 95.0 Å². The van der Waals surface area contributed by atoms with Gasteiger partial charge in [-0.25, -0.2) is 0 Å². The molecule has 0 amide bonds. The lowest BCUT2D eigenvalue weighted by Crippen LogP contribution is -2.43. The van der Waals surface area contributed by atoms with E-state index in [0.29, 0.717) is 12.2 Å². The number of nitrogens with one attached hydrogen (secondary N) is 2. The highest BCUT2D eigenvalue weighted by molar-refractivity contribution is 5.61. The highest BCUT2D eigenvalue weighted by atomic mass is 16.5. The van der Waals surface area contributed by atoms with E-state index in [1.165, 1.54) is 5.56 Å². The van der Waals surface area contributed by atoms with Crippen LogP contribution in [0.15, 0.2) is 18.2 Å². The van der Waals surface area contributed by atoms with Crippen LogP contribution in [-0.4, -0.2) is 26.6 Å². The van der Waals surface area contributed by atoms with E-state index in [4.69, 9.17) is 4.74 Å². The van der Waals surface area contributed by atoms with Crippen molar-refractivity contribution in [1.82, 2.24) is 5.32 Å². The third-order valence-corrected chi connectivity index (χ3v) is 2.88. The summed E-state index contributed by atoms with van der Waals surface area (Å²) in [6.45, 7) is 2.65. The third kappa shape index (κ3) is 2.33. The summed E-state index contributed by atoms with van der Waals surface area (Å²) in [5.74, 6) is 1.32. The highest BCUT2D eigenvalue weighted by Gasteiger charge is 2.17. The normalized spacial score (nSPS) is 15.3. The lowest BCUT2D eigenvalue weighted by molar-refractivity contribution is -0.120. The number of anilines is 1. The van der Waals surface area contributed by atoms with Crippen molar-refractivity contribution < 1.29 is 9.53 Å². The summed E-state index contributed by atoms with van der Waals surface area (Å²) in [6.07, 6.45) is 1.07. The molecule has 1 aliphatic rings. The topological polar surface area (TPSA) is 50.4 Å². The van der Waals surface area contributed by atoms with Gasteiger partial charge in [0.25, 0.3) is 6.47 Å². The van der Waals surface area contributed by atoms with Crippen LogP contribution in [0, 0.1) is 5.92 Å². The van der Waals surface area contributed by atoms with Crippen LogP contribution in [0.2, 0.25) is 0 Å². The van der Waals surface area contributed by atoms with Gasteiger partial charge in [0.1, 0.15) is 0 Å². The Morgan fingerprint density at radius 1 is 1.56 bits per heavy atom. The van der Waals surface area contributed by atoms with Gasteiger partial charge in [0.15, 0.2) is 5.75 Å². The minimum absolute atomic E-state index is 0.450. The zero-order valence-corrected chi connectivity index (χ0v) is 9.32. The van der Waals surface area contributed by atoms with Gasteiger partial charge < -0.3 is 15.4 Å². The van der Waals surface area contributed by atoms with Crippen molar-refractivity contribution in [2.45, 2.75) is 6.42 Å². The fraction of sp³-hybridized carbons (Fsp3) is 0.417. The average Bonchev–Trinajstić information content (AvgIpc) is 2.25. The molecule has 0 spiro atoms. The Kier molecular flexibility index (Phi) is 3.41. The largest absolute Gasteiger partial charge is 0.427 e. The van der Waals surface area contributed by atoms with Crippen LogP contribution < -0.4 is 15.4 Å². The summed E-state index contributed by atoms with van der Waals surface area (Å²) in [7, 11) is 1.82.